The van der Waals surface area contributed by atoms with Crippen LogP contribution >= 0.6 is 0 Å². The van der Waals surface area contributed by atoms with Gasteiger partial charge in [-0.2, -0.15) is 0 Å². The fourth-order valence-corrected chi connectivity index (χ4v) is 3.49. The van der Waals surface area contributed by atoms with E-state index in [0.717, 1.165) is 45.2 Å². The fourth-order valence-electron chi connectivity index (χ4n) is 3.49. The van der Waals surface area contributed by atoms with Crippen molar-refractivity contribution in [2.45, 2.75) is 51.1 Å². The summed E-state index contributed by atoms with van der Waals surface area (Å²) in [5, 5.41) is 0. The van der Waals surface area contributed by atoms with Crippen LogP contribution in [-0.4, -0.2) is 55.0 Å². The maximum absolute atomic E-state index is 12.6. The molecule has 0 aromatic rings. The highest BCUT2D eigenvalue weighted by molar-refractivity contribution is 5.79. The second-order valence-electron chi connectivity index (χ2n) is 6.63. The third-order valence-corrected chi connectivity index (χ3v) is 5.17. The summed E-state index contributed by atoms with van der Waals surface area (Å²) < 4.78 is 0. The second kappa shape index (κ2) is 6.23. The van der Waals surface area contributed by atoms with Crippen LogP contribution in [0.1, 0.15) is 39.0 Å². The van der Waals surface area contributed by atoms with E-state index in [9.17, 15) is 4.79 Å². The van der Waals surface area contributed by atoms with E-state index in [4.69, 9.17) is 5.73 Å². The molecule has 4 nitrogen and oxygen atoms in total. The molecule has 2 fully saturated rings. The molecule has 19 heavy (non-hydrogen) atoms. The highest BCUT2D eigenvalue weighted by Crippen LogP contribution is 2.30. The molecule has 2 N–H and O–H groups in total. The zero-order chi connectivity index (χ0) is 14.0. The zero-order valence-corrected chi connectivity index (χ0v) is 12.6. The fraction of sp³-hybridized carbons (Fsp3) is 0.933. The first-order valence-electron chi connectivity index (χ1n) is 7.69. The summed E-state index contributed by atoms with van der Waals surface area (Å²) in [4.78, 5) is 17.0. The third-order valence-electron chi connectivity index (χ3n) is 5.17. The van der Waals surface area contributed by atoms with Crippen LogP contribution in [0.25, 0.3) is 0 Å². The monoisotopic (exact) mass is 267 g/mol. The number of nitrogens with two attached hydrogens (primary N) is 1. The molecule has 2 rings (SSSR count). The van der Waals surface area contributed by atoms with E-state index >= 15 is 0 Å². The maximum atomic E-state index is 12.6. The molecule has 0 aromatic heterocycles. The minimum atomic E-state index is 0.208. The molecule has 3 unspecified atom stereocenters. The Labute approximate surface area is 117 Å². The van der Waals surface area contributed by atoms with Crippen molar-refractivity contribution in [2.24, 2.45) is 17.6 Å². The van der Waals surface area contributed by atoms with Crippen molar-refractivity contribution >= 4 is 5.91 Å². The highest BCUT2D eigenvalue weighted by Gasteiger charge is 2.33. The summed E-state index contributed by atoms with van der Waals surface area (Å²) in [5.74, 6) is 1.04. The lowest BCUT2D eigenvalue weighted by molar-refractivity contribution is -0.138. The summed E-state index contributed by atoms with van der Waals surface area (Å²) >= 11 is 0. The number of hydrogen-bond acceptors (Lipinski definition) is 3. The van der Waals surface area contributed by atoms with Crippen LogP contribution in [0.5, 0.6) is 0 Å². The second-order valence-corrected chi connectivity index (χ2v) is 6.63. The van der Waals surface area contributed by atoms with Gasteiger partial charge in [-0.05, 0) is 58.2 Å². The molecule has 1 amide bonds. The maximum Gasteiger partial charge on any atom is 0.225 e. The van der Waals surface area contributed by atoms with Crippen LogP contribution < -0.4 is 5.73 Å². The average Bonchev–Trinajstić information content (AvgIpc) is 2.41. The topological polar surface area (TPSA) is 49.6 Å². The Kier molecular flexibility index (Phi) is 4.85. The summed E-state index contributed by atoms with van der Waals surface area (Å²) in [5.41, 5.74) is 6.04. The molecule has 0 aromatic carbocycles. The molecule has 2 aliphatic rings. The van der Waals surface area contributed by atoms with E-state index < -0.39 is 0 Å². The van der Waals surface area contributed by atoms with Crippen molar-refractivity contribution in [3.05, 3.63) is 0 Å². The van der Waals surface area contributed by atoms with Gasteiger partial charge in [0.25, 0.3) is 0 Å². The smallest absolute Gasteiger partial charge is 0.225 e. The minimum Gasteiger partial charge on any atom is -0.342 e. The van der Waals surface area contributed by atoms with Crippen molar-refractivity contribution in [2.75, 3.05) is 27.2 Å². The number of carbonyl (C=O) groups excluding carboxylic acids is 1. The standard InChI is InChI=1S/C15H29N3O/c1-11-10-12(4-5-14(11)16)15(19)18(3)13-6-8-17(2)9-7-13/h11-14H,4-10,16H2,1-3H3. The van der Waals surface area contributed by atoms with Gasteiger partial charge < -0.3 is 15.5 Å². The van der Waals surface area contributed by atoms with Gasteiger partial charge in [0.15, 0.2) is 0 Å². The molecule has 0 spiro atoms. The van der Waals surface area contributed by atoms with Gasteiger partial charge in [-0.3, -0.25) is 4.79 Å². The van der Waals surface area contributed by atoms with E-state index in [0.29, 0.717) is 17.9 Å². The molecule has 3 atom stereocenters. The number of carbonyl (C=O) groups is 1. The molecular weight excluding hydrogens is 238 g/mol. The van der Waals surface area contributed by atoms with Gasteiger partial charge >= 0.3 is 0 Å². The SMILES string of the molecule is CC1CC(C(=O)N(C)C2CCN(C)CC2)CCC1N. The van der Waals surface area contributed by atoms with Gasteiger partial charge in [0.1, 0.15) is 0 Å². The van der Waals surface area contributed by atoms with Crippen LogP contribution in [0, 0.1) is 11.8 Å². The number of amides is 1. The predicted molar refractivity (Wildman–Crippen MR) is 77.8 cm³/mol. The van der Waals surface area contributed by atoms with E-state index in [1.165, 1.54) is 0 Å². The molecule has 1 aliphatic carbocycles. The first-order valence-corrected chi connectivity index (χ1v) is 7.69. The quantitative estimate of drug-likeness (QED) is 0.820. The molecule has 4 heteroatoms. The number of hydrogen-bond donors (Lipinski definition) is 1. The predicted octanol–water partition coefficient (Wildman–Crippen LogP) is 1.30. The van der Waals surface area contributed by atoms with Crippen LogP contribution in [0.4, 0.5) is 0 Å². The molecular formula is C15H29N3O. The minimum absolute atomic E-state index is 0.208. The van der Waals surface area contributed by atoms with Crippen molar-refractivity contribution in [1.82, 2.24) is 9.80 Å². The van der Waals surface area contributed by atoms with Gasteiger partial charge in [-0.1, -0.05) is 6.92 Å². The number of rotatable bonds is 2. The van der Waals surface area contributed by atoms with E-state index in [-0.39, 0.29) is 12.0 Å². The largest absolute Gasteiger partial charge is 0.342 e. The van der Waals surface area contributed by atoms with Gasteiger partial charge in [0.2, 0.25) is 5.91 Å². The number of nitrogens with zero attached hydrogens (tertiary/aromatic N) is 2. The van der Waals surface area contributed by atoms with Gasteiger partial charge in [-0.25, -0.2) is 0 Å². The summed E-state index contributed by atoms with van der Waals surface area (Å²) in [6.07, 6.45) is 5.16. The lowest BCUT2D eigenvalue weighted by Crippen LogP contribution is -2.48. The third kappa shape index (κ3) is 3.48. The molecule has 0 radical (unpaired) electrons. The van der Waals surface area contributed by atoms with E-state index in [1.807, 2.05) is 11.9 Å². The Morgan fingerprint density at radius 3 is 2.42 bits per heavy atom. The van der Waals surface area contributed by atoms with Gasteiger partial charge in [0, 0.05) is 25.0 Å². The first-order chi connectivity index (χ1) is 8.99. The highest BCUT2D eigenvalue weighted by atomic mass is 16.2. The Bertz CT molecular complexity index is 313. The lowest BCUT2D eigenvalue weighted by atomic mass is 9.78. The Hall–Kier alpha value is -0.610. The molecule has 110 valence electrons. The lowest BCUT2D eigenvalue weighted by Gasteiger charge is -2.39. The summed E-state index contributed by atoms with van der Waals surface area (Å²) in [6.45, 7) is 4.39. The average molecular weight is 267 g/mol. The summed E-state index contributed by atoms with van der Waals surface area (Å²) in [6, 6.07) is 0.729. The zero-order valence-electron chi connectivity index (χ0n) is 12.6. The normalized spacial score (nSPS) is 34.2. The molecule has 1 aliphatic heterocycles. The van der Waals surface area contributed by atoms with Crippen LogP contribution in [-0.2, 0) is 4.79 Å². The van der Waals surface area contributed by atoms with Crippen molar-refractivity contribution in [3.8, 4) is 0 Å². The molecule has 1 saturated carbocycles. The summed E-state index contributed by atoms with van der Waals surface area (Å²) in [7, 11) is 4.15. The van der Waals surface area contributed by atoms with E-state index in [1.54, 1.807) is 0 Å². The molecule has 1 saturated heterocycles. The Morgan fingerprint density at radius 2 is 1.84 bits per heavy atom. The Balaban J connectivity index is 1.88. The van der Waals surface area contributed by atoms with E-state index in [2.05, 4.69) is 18.9 Å². The number of piperidine rings is 1. The van der Waals surface area contributed by atoms with Gasteiger partial charge in [0.05, 0.1) is 0 Å². The van der Waals surface area contributed by atoms with Gasteiger partial charge in [-0.15, -0.1) is 0 Å². The van der Waals surface area contributed by atoms with Crippen molar-refractivity contribution in [1.29, 1.82) is 0 Å². The molecule has 0 bridgehead atoms. The Morgan fingerprint density at radius 1 is 1.21 bits per heavy atom. The van der Waals surface area contributed by atoms with Crippen molar-refractivity contribution in [3.63, 3.8) is 0 Å². The van der Waals surface area contributed by atoms with Crippen LogP contribution in [0.15, 0.2) is 0 Å². The molecule has 1 heterocycles. The first kappa shape index (κ1) is 14.8. The van der Waals surface area contributed by atoms with Crippen molar-refractivity contribution < 1.29 is 4.79 Å². The van der Waals surface area contributed by atoms with Crippen LogP contribution in [0.2, 0.25) is 0 Å². The van der Waals surface area contributed by atoms with Crippen LogP contribution in [0.3, 0.4) is 0 Å². The number of likely N-dealkylation sites (tertiary alicyclic amines) is 1.